The monoisotopic (exact) mass is 296 g/mol. The summed E-state index contributed by atoms with van der Waals surface area (Å²) < 4.78 is 1.18. The number of aryl methyl sites for hydroxylation is 2. The van der Waals surface area contributed by atoms with Crippen LogP contribution in [0.5, 0.6) is 0 Å². The third-order valence-corrected chi connectivity index (χ3v) is 4.08. The van der Waals surface area contributed by atoms with Gasteiger partial charge in [-0.2, -0.15) is 0 Å². The summed E-state index contributed by atoms with van der Waals surface area (Å²) in [5.74, 6) is 0.809. The molecule has 1 saturated heterocycles. The number of hydrogen-bond acceptors (Lipinski definition) is 2. The van der Waals surface area contributed by atoms with Gasteiger partial charge < -0.3 is 10.6 Å². The van der Waals surface area contributed by atoms with Crippen LogP contribution in [0.15, 0.2) is 16.6 Å². The quantitative estimate of drug-likeness (QED) is 0.892. The molecular formula is C14H21BrN2. The Labute approximate surface area is 112 Å². The molecule has 2 N–H and O–H groups in total. The van der Waals surface area contributed by atoms with Gasteiger partial charge in [0.05, 0.1) is 5.69 Å². The van der Waals surface area contributed by atoms with E-state index >= 15 is 0 Å². The highest BCUT2D eigenvalue weighted by molar-refractivity contribution is 9.10. The van der Waals surface area contributed by atoms with Crippen molar-refractivity contribution in [2.75, 3.05) is 25.0 Å². The topological polar surface area (TPSA) is 24.1 Å². The van der Waals surface area contributed by atoms with Crippen molar-refractivity contribution in [2.45, 2.75) is 26.7 Å². The summed E-state index contributed by atoms with van der Waals surface area (Å²) in [7, 11) is 0. The molecule has 17 heavy (non-hydrogen) atoms. The number of piperidine rings is 1. The Bertz CT molecular complexity index is 361. The number of halogens is 1. The van der Waals surface area contributed by atoms with Crippen LogP contribution in [-0.4, -0.2) is 19.6 Å². The Morgan fingerprint density at radius 2 is 2.00 bits per heavy atom. The molecule has 1 aliphatic rings. The Hall–Kier alpha value is -0.540. The molecule has 0 saturated carbocycles. The van der Waals surface area contributed by atoms with Gasteiger partial charge in [-0.25, -0.2) is 0 Å². The largest absolute Gasteiger partial charge is 0.384 e. The van der Waals surface area contributed by atoms with Crippen molar-refractivity contribution < 1.29 is 0 Å². The van der Waals surface area contributed by atoms with E-state index in [4.69, 9.17) is 0 Å². The van der Waals surface area contributed by atoms with Crippen LogP contribution < -0.4 is 10.6 Å². The van der Waals surface area contributed by atoms with Crippen molar-refractivity contribution >= 4 is 21.6 Å². The van der Waals surface area contributed by atoms with Crippen LogP contribution in [0.4, 0.5) is 5.69 Å². The van der Waals surface area contributed by atoms with Gasteiger partial charge in [0, 0.05) is 11.0 Å². The summed E-state index contributed by atoms with van der Waals surface area (Å²) >= 11 is 3.65. The van der Waals surface area contributed by atoms with Gasteiger partial charge in [-0.15, -0.1) is 0 Å². The molecule has 1 aromatic carbocycles. The maximum atomic E-state index is 3.65. The van der Waals surface area contributed by atoms with E-state index in [1.807, 2.05) is 0 Å². The first kappa shape index (κ1) is 12.9. The minimum atomic E-state index is 0.809. The summed E-state index contributed by atoms with van der Waals surface area (Å²) in [4.78, 5) is 0. The van der Waals surface area contributed by atoms with E-state index in [-0.39, 0.29) is 0 Å². The number of benzene rings is 1. The van der Waals surface area contributed by atoms with Crippen LogP contribution >= 0.6 is 15.9 Å². The molecular weight excluding hydrogens is 276 g/mol. The zero-order valence-electron chi connectivity index (χ0n) is 10.6. The summed E-state index contributed by atoms with van der Waals surface area (Å²) in [6, 6.07) is 4.41. The molecule has 2 rings (SSSR count). The molecule has 1 heterocycles. The van der Waals surface area contributed by atoms with E-state index in [1.165, 1.54) is 47.2 Å². The third-order valence-electron chi connectivity index (χ3n) is 3.46. The number of anilines is 1. The minimum Gasteiger partial charge on any atom is -0.384 e. The summed E-state index contributed by atoms with van der Waals surface area (Å²) in [6.45, 7) is 7.72. The Morgan fingerprint density at radius 1 is 1.29 bits per heavy atom. The molecule has 1 aromatic rings. The van der Waals surface area contributed by atoms with Gasteiger partial charge in [0.2, 0.25) is 0 Å². The predicted molar refractivity (Wildman–Crippen MR) is 77.7 cm³/mol. The van der Waals surface area contributed by atoms with Crippen molar-refractivity contribution in [3.05, 3.63) is 27.7 Å². The minimum absolute atomic E-state index is 0.809. The maximum absolute atomic E-state index is 3.65. The van der Waals surface area contributed by atoms with Crippen LogP contribution in [0.1, 0.15) is 24.0 Å². The van der Waals surface area contributed by atoms with E-state index in [0.29, 0.717) is 0 Å². The lowest BCUT2D eigenvalue weighted by Crippen LogP contribution is -2.31. The van der Waals surface area contributed by atoms with Gasteiger partial charge in [0.1, 0.15) is 0 Å². The standard InChI is InChI=1S/C14H21BrN2/c1-10-7-11(2)14(13(15)8-10)17-9-12-3-5-16-6-4-12/h7-8,12,16-17H,3-6,9H2,1-2H3. The molecule has 2 nitrogen and oxygen atoms in total. The lowest BCUT2D eigenvalue weighted by molar-refractivity contribution is 0.390. The van der Waals surface area contributed by atoms with Crippen LogP contribution in [0.2, 0.25) is 0 Å². The van der Waals surface area contributed by atoms with Gasteiger partial charge in [-0.1, -0.05) is 6.07 Å². The number of nitrogens with one attached hydrogen (secondary N) is 2. The van der Waals surface area contributed by atoms with Gasteiger partial charge in [-0.05, 0) is 78.8 Å². The smallest absolute Gasteiger partial charge is 0.0514 e. The van der Waals surface area contributed by atoms with Gasteiger partial charge >= 0.3 is 0 Å². The molecule has 94 valence electrons. The highest BCUT2D eigenvalue weighted by Crippen LogP contribution is 2.28. The van der Waals surface area contributed by atoms with Crippen LogP contribution in [0.3, 0.4) is 0 Å². The Morgan fingerprint density at radius 3 is 2.65 bits per heavy atom. The normalized spacial score (nSPS) is 17.1. The average Bonchev–Trinajstić information content (AvgIpc) is 2.29. The fourth-order valence-electron chi connectivity index (χ4n) is 2.47. The highest BCUT2D eigenvalue weighted by Gasteiger charge is 2.13. The molecule has 1 aliphatic heterocycles. The van der Waals surface area contributed by atoms with E-state index in [9.17, 15) is 0 Å². The molecule has 0 atom stereocenters. The average molecular weight is 297 g/mol. The molecule has 0 amide bonds. The Balaban J connectivity index is 1.98. The summed E-state index contributed by atoms with van der Waals surface area (Å²) in [5, 5.41) is 7.01. The first-order chi connectivity index (χ1) is 8.16. The molecule has 0 unspecified atom stereocenters. The first-order valence-electron chi connectivity index (χ1n) is 6.38. The Kier molecular flexibility index (Phi) is 4.46. The molecule has 0 aliphatic carbocycles. The van der Waals surface area contributed by atoms with Gasteiger partial charge in [0.25, 0.3) is 0 Å². The first-order valence-corrected chi connectivity index (χ1v) is 7.17. The van der Waals surface area contributed by atoms with Crippen LogP contribution in [0, 0.1) is 19.8 Å². The van der Waals surface area contributed by atoms with Crippen molar-refractivity contribution in [1.82, 2.24) is 5.32 Å². The lowest BCUT2D eigenvalue weighted by Gasteiger charge is -2.24. The van der Waals surface area contributed by atoms with Crippen molar-refractivity contribution in [2.24, 2.45) is 5.92 Å². The molecule has 0 radical (unpaired) electrons. The molecule has 3 heteroatoms. The fraction of sp³-hybridized carbons (Fsp3) is 0.571. The zero-order valence-corrected chi connectivity index (χ0v) is 12.2. The predicted octanol–water partition coefficient (Wildman–Crippen LogP) is 3.48. The third kappa shape index (κ3) is 3.46. The molecule has 0 aromatic heterocycles. The van der Waals surface area contributed by atoms with Gasteiger partial charge in [-0.3, -0.25) is 0 Å². The zero-order chi connectivity index (χ0) is 12.3. The maximum Gasteiger partial charge on any atom is 0.0514 e. The highest BCUT2D eigenvalue weighted by atomic mass is 79.9. The van der Waals surface area contributed by atoms with E-state index in [0.717, 1.165) is 12.5 Å². The van der Waals surface area contributed by atoms with E-state index in [2.05, 4.69) is 52.5 Å². The second-order valence-electron chi connectivity index (χ2n) is 5.01. The van der Waals surface area contributed by atoms with Crippen molar-refractivity contribution in [1.29, 1.82) is 0 Å². The number of hydrogen-bond donors (Lipinski definition) is 2. The molecule has 0 bridgehead atoms. The second kappa shape index (κ2) is 5.87. The van der Waals surface area contributed by atoms with Gasteiger partial charge in [0.15, 0.2) is 0 Å². The summed E-state index contributed by atoms with van der Waals surface area (Å²) in [6.07, 6.45) is 2.57. The number of rotatable bonds is 3. The SMILES string of the molecule is Cc1cc(C)c(NCC2CCNCC2)c(Br)c1. The van der Waals surface area contributed by atoms with E-state index in [1.54, 1.807) is 0 Å². The summed E-state index contributed by atoms with van der Waals surface area (Å²) in [5.41, 5.74) is 3.89. The van der Waals surface area contributed by atoms with Crippen LogP contribution in [-0.2, 0) is 0 Å². The molecule has 1 fully saturated rings. The van der Waals surface area contributed by atoms with Crippen molar-refractivity contribution in [3.8, 4) is 0 Å². The fourth-order valence-corrected chi connectivity index (χ4v) is 3.29. The van der Waals surface area contributed by atoms with Crippen molar-refractivity contribution in [3.63, 3.8) is 0 Å². The lowest BCUT2D eigenvalue weighted by atomic mass is 9.98. The second-order valence-corrected chi connectivity index (χ2v) is 5.87. The van der Waals surface area contributed by atoms with E-state index < -0.39 is 0 Å². The molecule has 0 spiro atoms. The van der Waals surface area contributed by atoms with Crippen LogP contribution in [0.25, 0.3) is 0 Å².